The molecule has 1 aromatic heterocycles. The third kappa shape index (κ3) is 3.20. The lowest BCUT2D eigenvalue weighted by Gasteiger charge is -2.10. The van der Waals surface area contributed by atoms with E-state index in [0.717, 1.165) is 35.5 Å². The van der Waals surface area contributed by atoms with Crippen LogP contribution in [-0.4, -0.2) is 28.6 Å². The molecule has 1 aliphatic heterocycles. The zero-order valence-corrected chi connectivity index (χ0v) is 13.0. The molecule has 3 N–H and O–H groups in total. The monoisotopic (exact) mass is 319 g/mol. The van der Waals surface area contributed by atoms with Crippen molar-refractivity contribution < 1.29 is 8.95 Å². The Bertz CT molecular complexity index is 773. The smallest absolute Gasteiger partial charge is 0.272 e. The minimum absolute atomic E-state index is 0.293. The highest BCUT2D eigenvalue weighted by Gasteiger charge is 2.11. The van der Waals surface area contributed by atoms with E-state index in [9.17, 15) is 9.00 Å². The average Bonchev–Trinajstić information content (AvgIpc) is 2.73. The van der Waals surface area contributed by atoms with Crippen LogP contribution >= 0.6 is 0 Å². The molecule has 116 valence electrons. The van der Waals surface area contributed by atoms with Gasteiger partial charge in [-0.25, -0.2) is 4.21 Å². The van der Waals surface area contributed by atoms with E-state index in [1.165, 1.54) is 6.26 Å². The van der Waals surface area contributed by atoms with Crippen molar-refractivity contribution in [1.29, 1.82) is 0 Å². The van der Waals surface area contributed by atoms with E-state index in [1.807, 2.05) is 18.2 Å². The topological polar surface area (TPSA) is 83.2 Å². The van der Waals surface area contributed by atoms with Crippen molar-refractivity contribution >= 4 is 16.7 Å². The molecule has 3 rings (SSSR count). The van der Waals surface area contributed by atoms with Gasteiger partial charge in [-0.3, -0.25) is 4.79 Å². The summed E-state index contributed by atoms with van der Waals surface area (Å²) < 4.78 is 19.6. The van der Waals surface area contributed by atoms with Crippen LogP contribution in [0, 0.1) is 0 Å². The lowest BCUT2D eigenvalue weighted by atomic mass is 10.0. The fourth-order valence-corrected chi connectivity index (χ4v) is 2.84. The maximum atomic E-state index is 11.7. The number of nitrogens with one attached hydrogen (secondary N) is 3. The summed E-state index contributed by atoms with van der Waals surface area (Å²) in [5.74, 6) is 0.881. The summed E-state index contributed by atoms with van der Waals surface area (Å²) in [6.07, 6.45) is 3.14. The number of hydrogen-bond acceptors (Lipinski definition) is 4. The van der Waals surface area contributed by atoms with Crippen LogP contribution in [-0.2, 0) is 17.5 Å². The summed E-state index contributed by atoms with van der Waals surface area (Å²) in [5.41, 5.74) is 2.89. The van der Waals surface area contributed by atoms with Crippen LogP contribution in [0.5, 0.6) is 5.75 Å². The Kier molecular flexibility index (Phi) is 4.26. The van der Waals surface area contributed by atoms with Gasteiger partial charge in [0.15, 0.2) is 0 Å². The Labute approximate surface area is 130 Å². The Morgan fingerprint density at radius 1 is 1.27 bits per heavy atom. The van der Waals surface area contributed by atoms with Crippen LogP contribution in [0.25, 0.3) is 11.1 Å². The minimum Gasteiger partial charge on any atom is -0.492 e. The van der Waals surface area contributed by atoms with E-state index in [-0.39, 0.29) is 5.56 Å². The van der Waals surface area contributed by atoms with Gasteiger partial charge in [-0.05, 0) is 23.8 Å². The Morgan fingerprint density at radius 2 is 2.14 bits per heavy atom. The van der Waals surface area contributed by atoms with Crippen LogP contribution in [0.1, 0.15) is 5.56 Å². The predicted molar refractivity (Wildman–Crippen MR) is 87.4 cm³/mol. The van der Waals surface area contributed by atoms with E-state index < -0.39 is 11.0 Å². The minimum atomic E-state index is -1.30. The van der Waals surface area contributed by atoms with Crippen LogP contribution in [0.15, 0.2) is 35.3 Å². The number of hydrogen-bond donors (Lipinski definition) is 3. The molecule has 0 bridgehead atoms. The molecule has 0 spiro atoms. The molecular formula is C15H17N3O3S. The summed E-state index contributed by atoms with van der Waals surface area (Å²) in [7, 11) is -1.30. The molecule has 22 heavy (non-hydrogen) atoms. The Morgan fingerprint density at radius 3 is 2.95 bits per heavy atom. The van der Waals surface area contributed by atoms with Gasteiger partial charge in [-0.15, -0.1) is 0 Å². The van der Waals surface area contributed by atoms with Crippen LogP contribution in [0.4, 0.5) is 5.69 Å². The van der Waals surface area contributed by atoms with Gasteiger partial charge in [0, 0.05) is 36.7 Å². The van der Waals surface area contributed by atoms with Crippen molar-refractivity contribution in [2.45, 2.75) is 6.54 Å². The van der Waals surface area contributed by atoms with Gasteiger partial charge in [0.25, 0.3) is 5.56 Å². The Hall–Kier alpha value is -2.12. The first kappa shape index (κ1) is 14.8. The molecule has 0 saturated heterocycles. The number of H-pyrrole nitrogens is 1. The van der Waals surface area contributed by atoms with E-state index in [2.05, 4.69) is 15.0 Å². The van der Waals surface area contributed by atoms with Crippen LogP contribution < -0.4 is 20.3 Å². The summed E-state index contributed by atoms with van der Waals surface area (Å²) in [5, 5.41) is 3.29. The second kappa shape index (κ2) is 6.33. The molecule has 1 atom stereocenters. The highest BCUT2D eigenvalue weighted by Crippen LogP contribution is 2.28. The average molecular weight is 319 g/mol. The summed E-state index contributed by atoms with van der Waals surface area (Å²) in [6.45, 7) is 2.22. The van der Waals surface area contributed by atoms with Gasteiger partial charge in [-0.1, -0.05) is 6.07 Å². The maximum Gasteiger partial charge on any atom is 0.272 e. The highest BCUT2D eigenvalue weighted by atomic mass is 32.2. The summed E-state index contributed by atoms with van der Waals surface area (Å²) >= 11 is 0. The van der Waals surface area contributed by atoms with Crippen LogP contribution in [0.2, 0.25) is 0 Å². The number of benzene rings is 1. The van der Waals surface area contributed by atoms with Gasteiger partial charge < -0.3 is 19.8 Å². The third-order valence-corrected chi connectivity index (χ3v) is 3.91. The van der Waals surface area contributed by atoms with Gasteiger partial charge in [0.1, 0.15) is 29.0 Å². The number of rotatable bonds is 3. The molecular weight excluding hydrogens is 302 g/mol. The number of pyridine rings is 1. The van der Waals surface area contributed by atoms with Crippen molar-refractivity contribution in [2.24, 2.45) is 0 Å². The molecule has 0 aliphatic carbocycles. The first-order chi connectivity index (χ1) is 10.6. The van der Waals surface area contributed by atoms with Crippen molar-refractivity contribution in [1.82, 2.24) is 10.3 Å². The molecule has 0 amide bonds. The normalized spacial score (nSPS) is 15.3. The highest BCUT2D eigenvalue weighted by molar-refractivity contribution is 7.85. The maximum absolute atomic E-state index is 11.7. The summed E-state index contributed by atoms with van der Waals surface area (Å²) in [4.78, 5) is 14.4. The van der Waals surface area contributed by atoms with Crippen molar-refractivity contribution in [3.8, 4) is 16.9 Å². The molecule has 6 nitrogen and oxygen atoms in total. The molecule has 7 heteroatoms. The number of ether oxygens (including phenoxy) is 1. The second-order valence-corrected chi connectivity index (χ2v) is 6.15. The molecule has 2 aromatic rings. The molecule has 0 radical (unpaired) electrons. The quantitative estimate of drug-likeness (QED) is 0.794. The molecule has 1 aromatic carbocycles. The van der Waals surface area contributed by atoms with Gasteiger partial charge in [0.2, 0.25) is 0 Å². The van der Waals surface area contributed by atoms with E-state index in [1.54, 1.807) is 12.3 Å². The number of anilines is 1. The van der Waals surface area contributed by atoms with Gasteiger partial charge >= 0.3 is 0 Å². The first-order valence-electron chi connectivity index (χ1n) is 6.93. The van der Waals surface area contributed by atoms with Crippen molar-refractivity contribution in [3.05, 3.63) is 46.4 Å². The number of fused-ring (bicyclic) bond motifs is 1. The predicted octanol–water partition coefficient (Wildman–Crippen LogP) is 1.23. The van der Waals surface area contributed by atoms with E-state index in [4.69, 9.17) is 4.74 Å². The SMILES string of the molecule is CS(=O)Nc1cc(-c2ccc3c(c2)CNCCO3)c[nH]c1=O. The lowest BCUT2D eigenvalue weighted by Crippen LogP contribution is -2.16. The largest absolute Gasteiger partial charge is 0.492 e. The molecule has 1 unspecified atom stereocenters. The molecule has 1 aliphatic rings. The van der Waals surface area contributed by atoms with Crippen molar-refractivity contribution in [3.63, 3.8) is 0 Å². The second-order valence-electron chi connectivity index (χ2n) is 5.04. The number of aromatic amines is 1. The molecule has 0 fully saturated rings. The summed E-state index contributed by atoms with van der Waals surface area (Å²) in [6, 6.07) is 7.62. The van der Waals surface area contributed by atoms with Gasteiger partial charge in [0.05, 0.1) is 0 Å². The zero-order valence-electron chi connectivity index (χ0n) is 12.1. The standard InChI is InChI=1S/C15H17N3O3S/c1-22(20)18-13-7-11(9-17-15(13)19)10-2-3-14-12(6-10)8-16-4-5-21-14/h2-3,6-7,9,16,18H,4-5,8H2,1H3,(H,17,19). The van der Waals surface area contributed by atoms with E-state index >= 15 is 0 Å². The first-order valence-corrected chi connectivity index (χ1v) is 8.49. The van der Waals surface area contributed by atoms with Gasteiger partial charge in [-0.2, -0.15) is 0 Å². The van der Waals surface area contributed by atoms with Crippen LogP contribution in [0.3, 0.4) is 0 Å². The lowest BCUT2D eigenvalue weighted by molar-refractivity contribution is 0.326. The van der Waals surface area contributed by atoms with Crippen molar-refractivity contribution in [2.75, 3.05) is 24.1 Å². The third-order valence-electron chi connectivity index (χ3n) is 3.40. The molecule has 0 saturated carbocycles. The number of aromatic nitrogens is 1. The fraction of sp³-hybridized carbons (Fsp3) is 0.267. The zero-order chi connectivity index (χ0) is 15.5. The Balaban J connectivity index is 1.99. The van der Waals surface area contributed by atoms with E-state index in [0.29, 0.717) is 12.3 Å². The molecule has 2 heterocycles. The fourth-order valence-electron chi connectivity index (χ4n) is 2.38.